The van der Waals surface area contributed by atoms with Crippen LogP contribution in [0.2, 0.25) is 0 Å². The molecule has 0 radical (unpaired) electrons. The number of nitrogens with one attached hydrogen (secondary N) is 1. The monoisotopic (exact) mass is 371 g/mol. The molecule has 0 aliphatic rings. The van der Waals surface area contributed by atoms with Crippen molar-refractivity contribution < 1.29 is 9.47 Å². The molecule has 0 fully saturated rings. The second-order valence-corrected chi connectivity index (χ2v) is 6.14. The van der Waals surface area contributed by atoms with Gasteiger partial charge in [0.1, 0.15) is 11.3 Å². The molecule has 2 heterocycles. The third kappa shape index (κ3) is 3.81. The van der Waals surface area contributed by atoms with E-state index in [1.54, 1.807) is 25.0 Å². The maximum absolute atomic E-state index is 6.04. The average Bonchev–Trinajstić information content (AvgIpc) is 3.04. The van der Waals surface area contributed by atoms with Crippen LogP contribution in [0, 0.1) is 0 Å². The Bertz CT molecular complexity index is 939. The highest BCUT2D eigenvalue weighted by molar-refractivity contribution is 5.85. The maximum Gasteiger partial charge on any atom is 0.222 e. The lowest BCUT2D eigenvalue weighted by Crippen LogP contribution is -2.07. The molecule has 144 valence electrons. The van der Waals surface area contributed by atoms with Crippen LogP contribution < -0.4 is 26.3 Å². The Hall–Kier alpha value is -3.23. The zero-order valence-electron chi connectivity index (χ0n) is 15.8. The quantitative estimate of drug-likeness (QED) is 0.407. The van der Waals surface area contributed by atoms with E-state index >= 15 is 0 Å². The van der Waals surface area contributed by atoms with Crippen LogP contribution in [-0.2, 0) is 6.54 Å². The number of rotatable bonds is 8. The summed E-state index contributed by atoms with van der Waals surface area (Å²) in [5.41, 5.74) is 14.6. The van der Waals surface area contributed by atoms with Gasteiger partial charge in [-0.1, -0.05) is 13.3 Å². The molecule has 9 heteroatoms. The molecule has 3 aromatic rings. The molecular formula is C18H25N7O2. The van der Waals surface area contributed by atoms with E-state index in [4.69, 9.17) is 20.9 Å². The number of methoxy groups -OCH3 is 2. The molecule has 0 saturated carbocycles. The number of ether oxygens (including phenoxy) is 2. The van der Waals surface area contributed by atoms with Gasteiger partial charge in [0.05, 0.1) is 38.2 Å². The van der Waals surface area contributed by atoms with E-state index in [-0.39, 0.29) is 5.95 Å². The zero-order valence-corrected chi connectivity index (χ0v) is 15.8. The van der Waals surface area contributed by atoms with E-state index < -0.39 is 0 Å². The third-order valence-corrected chi connectivity index (χ3v) is 4.24. The molecule has 0 aliphatic heterocycles. The van der Waals surface area contributed by atoms with Crippen molar-refractivity contribution in [3.8, 4) is 11.5 Å². The number of hydrogen-bond donors (Lipinski definition) is 3. The Labute approximate surface area is 157 Å². The molecule has 9 nitrogen and oxygen atoms in total. The van der Waals surface area contributed by atoms with Gasteiger partial charge in [-0.05, 0) is 18.6 Å². The van der Waals surface area contributed by atoms with Crippen LogP contribution in [-0.4, -0.2) is 40.5 Å². The summed E-state index contributed by atoms with van der Waals surface area (Å²) in [5, 5.41) is 7.91. The highest BCUT2D eigenvalue weighted by atomic mass is 16.5. The van der Waals surface area contributed by atoms with E-state index in [0.29, 0.717) is 40.6 Å². The van der Waals surface area contributed by atoms with Crippen molar-refractivity contribution in [2.24, 2.45) is 0 Å². The molecular weight excluding hydrogens is 346 g/mol. The molecule has 2 aromatic heterocycles. The van der Waals surface area contributed by atoms with Crippen LogP contribution in [0.4, 0.5) is 17.5 Å². The number of fused-ring (bicyclic) bond motifs is 1. The molecule has 0 atom stereocenters. The first-order valence-corrected chi connectivity index (χ1v) is 8.81. The molecule has 0 amide bonds. The van der Waals surface area contributed by atoms with Crippen molar-refractivity contribution in [2.45, 2.75) is 26.3 Å². The summed E-state index contributed by atoms with van der Waals surface area (Å²) < 4.78 is 12.7. The van der Waals surface area contributed by atoms with Crippen LogP contribution in [0.5, 0.6) is 11.5 Å². The largest absolute Gasteiger partial charge is 0.496 e. The second-order valence-electron chi connectivity index (χ2n) is 6.14. The highest BCUT2D eigenvalue weighted by Gasteiger charge is 2.17. The predicted octanol–water partition coefficient (Wildman–Crippen LogP) is 2.27. The number of nitrogens with zero attached hydrogens (tertiary/aromatic N) is 4. The van der Waals surface area contributed by atoms with Crippen molar-refractivity contribution in [3.05, 3.63) is 23.9 Å². The number of hydrogen-bond acceptors (Lipinski definition) is 8. The smallest absolute Gasteiger partial charge is 0.222 e. The molecule has 27 heavy (non-hydrogen) atoms. The lowest BCUT2D eigenvalue weighted by Gasteiger charge is -2.15. The lowest BCUT2D eigenvalue weighted by molar-refractivity contribution is 0.383. The van der Waals surface area contributed by atoms with E-state index in [1.165, 1.54) is 0 Å². The van der Waals surface area contributed by atoms with E-state index in [0.717, 1.165) is 24.9 Å². The average molecular weight is 371 g/mol. The van der Waals surface area contributed by atoms with Crippen molar-refractivity contribution in [3.63, 3.8) is 0 Å². The van der Waals surface area contributed by atoms with Gasteiger partial charge in [-0.25, -0.2) is 4.98 Å². The first-order chi connectivity index (χ1) is 13.1. The van der Waals surface area contributed by atoms with Gasteiger partial charge < -0.3 is 26.3 Å². The fourth-order valence-electron chi connectivity index (χ4n) is 2.94. The predicted molar refractivity (Wildman–Crippen MR) is 106 cm³/mol. The van der Waals surface area contributed by atoms with Crippen LogP contribution in [0.1, 0.15) is 25.3 Å². The van der Waals surface area contributed by atoms with E-state index in [1.807, 2.05) is 12.3 Å². The SMILES string of the molecule is CCCCNc1nc(N)nc2cn(Cc3c(OC)ccc(N)c3OC)nc12. The normalized spacial score (nSPS) is 10.9. The Morgan fingerprint density at radius 2 is 1.96 bits per heavy atom. The summed E-state index contributed by atoms with van der Waals surface area (Å²) in [6, 6.07) is 3.56. The maximum atomic E-state index is 6.04. The van der Waals surface area contributed by atoms with E-state index in [2.05, 4.69) is 27.3 Å². The molecule has 0 spiro atoms. The summed E-state index contributed by atoms with van der Waals surface area (Å²) >= 11 is 0. The summed E-state index contributed by atoms with van der Waals surface area (Å²) in [6.45, 7) is 3.33. The molecule has 1 aromatic carbocycles. The van der Waals surface area contributed by atoms with Crippen LogP contribution in [0.3, 0.4) is 0 Å². The number of nitrogen functional groups attached to an aromatic ring is 2. The summed E-state index contributed by atoms with van der Waals surface area (Å²) in [5.74, 6) is 2.09. The molecule has 0 bridgehead atoms. The zero-order chi connectivity index (χ0) is 19.4. The first kappa shape index (κ1) is 18.6. The van der Waals surface area contributed by atoms with Crippen molar-refractivity contribution in [1.82, 2.24) is 19.7 Å². The number of aromatic nitrogens is 4. The fourth-order valence-corrected chi connectivity index (χ4v) is 2.94. The first-order valence-electron chi connectivity index (χ1n) is 8.81. The Kier molecular flexibility index (Phi) is 5.49. The Morgan fingerprint density at radius 1 is 1.15 bits per heavy atom. The summed E-state index contributed by atoms with van der Waals surface area (Å²) in [7, 11) is 3.19. The minimum atomic E-state index is 0.208. The van der Waals surface area contributed by atoms with Gasteiger partial charge in [0.2, 0.25) is 5.95 Å². The van der Waals surface area contributed by atoms with Crippen LogP contribution in [0.25, 0.3) is 11.0 Å². The van der Waals surface area contributed by atoms with Crippen molar-refractivity contribution in [1.29, 1.82) is 0 Å². The minimum Gasteiger partial charge on any atom is -0.496 e. The molecule has 5 N–H and O–H groups in total. The van der Waals surface area contributed by atoms with Gasteiger partial charge in [-0.2, -0.15) is 10.1 Å². The fraction of sp³-hybridized carbons (Fsp3) is 0.389. The van der Waals surface area contributed by atoms with Crippen LogP contribution >= 0.6 is 0 Å². The number of nitrogens with two attached hydrogens (primary N) is 2. The Balaban J connectivity index is 1.99. The van der Waals surface area contributed by atoms with Crippen molar-refractivity contribution >= 4 is 28.5 Å². The van der Waals surface area contributed by atoms with E-state index in [9.17, 15) is 0 Å². The number of unbranched alkanes of at least 4 members (excludes halogenated alkanes) is 1. The van der Waals surface area contributed by atoms with Gasteiger partial charge in [0.15, 0.2) is 17.1 Å². The van der Waals surface area contributed by atoms with Gasteiger partial charge >= 0.3 is 0 Å². The number of benzene rings is 1. The lowest BCUT2D eigenvalue weighted by atomic mass is 10.1. The highest BCUT2D eigenvalue weighted by Crippen LogP contribution is 2.34. The van der Waals surface area contributed by atoms with Gasteiger partial charge in [0.25, 0.3) is 0 Å². The molecule has 3 rings (SSSR count). The molecule has 0 saturated heterocycles. The third-order valence-electron chi connectivity index (χ3n) is 4.24. The summed E-state index contributed by atoms with van der Waals surface area (Å²) in [4.78, 5) is 8.57. The summed E-state index contributed by atoms with van der Waals surface area (Å²) in [6.07, 6.45) is 3.93. The standard InChI is InChI=1S/C18H25N7O2/c1-4-5-8-21-17-15-13(22-18(20)23-17)10-25(24-15)9-11-14(26-2)7-6-12(19)16(11)27-3/h6-7,10H,4-5,8-9,19H2,1-3H3,(H3,20,21,22,23). The molecule has 0 unspecified atom stereocenters. The van der Waals surface area contributed by atoms with Crippen molar-refractivity contribution in [2.75, 3.05) is 37.5 Å². The second kappa shape index (κ2) is 7.98. The Morgan fingerprint density at radius 3 is 2.67 bits per heavy atom. The van der Waals surface area contributed by atoms with Gasteiger partial charge in [-0.15, -0.1) is 0 Å². The minimum absolute atomic E-state index is 0.208. The molecule has 0 aliphatic carbocycles. The van der Waals surface area contributed by atoms with Gasteiger partial charge in [-0.3, -0.25) is 4.68 Å². The number of anilines is 3. The topological polar surface area (TPSA) is 126 Å². The van der Waals surface area contributed by atoms with Crippen LogP contribution in [0.15, 0.2) is 18.3 Å². The van der Waals surface area contributed by atoms with Gasteiger partial charge in [0, 0.05) is 6.54 Å².